The first-order chi connectivity index (χ1) is 11.8. The zero-order valence-corrected chi connectivity index (χ0v) is 15.8. The minimum absolute atomic E-state index is 0. The van der Waals surface area contributed by atoms with Gasteiger partial charge in [-0.15, -0.1) is 24.2 Å². The van der Waals surface area contributed by atoms with E-state index in [1.54, 1.807) is 11.8 Å². The van der Waals surface area contributed by atoms with E-state index in [1.165, 1.54) is 0 Å². The van der Waals surface area contributed by atoms with Gasteiger partial charge in [0.2, 0.25) is 5.91 Å². The highest BCUT2D eigenvalue weighted by Crippen LogP contribution is 2.36. The van der Waals surface area contributed by atoms with E-state index in [0.29, 0.717) is 12.5 Å². The Morgan fingerprint density at radius 3 is 2.36 bits per heavy atom. The summed E-state index contributed by atoms with van der Waals surface area (Å²) in [4.78, 5) is 14.1. The normalized spacial score (nSPS) is 20.5. The molecule has 1 saturated carbocycles. The van der Waals surface area contributed by atoms with Crippen molar-refractivity contribution in [1.29, 1.82) is 0 Å². The van der Waals surface area contributed by atoms with Crippen LogP contribution in [0.15, 0.2) is 65.6 Å². The molecule has 1 aliphatic rings. The highest BCUT2D eigenvalue weighted by atomic mass is 35.5. The summed E-state index contributed by atoms with van der Waals surface area (Å²) in [6.07, 6.45) is 3.29. The minimum Gasteiger partial charge on any atom is -0.352 e. The summed E-state index contributed by atoms with van der Waals surface area (Å²) >= 11 is 1.60. The first-order valence-corrected chi connectivity index (χ1v) is 9.43. The van der Waals surface area contributed by atoms with Gasteiger partial charge < -0.3 is 11.1 Å². The van der Waals surface area contributed by atoms with Crippen molar-refractivity contribution in [3.63, 3.8) is 0 Å². The number of nitrogens with two attached hydrogens (primary N) is 1. The van der Waals surface area contributed by atoms with E-state index >= 15 is 0 Å². The number of rotatable bonds is 6. The topological polar surface area (TPSA) is 55.1 Å². The Balaban J connectivity index is 0.00000225. The molecule has 0 radical (unpaired) electrons. The largest absolute Gasteiger partial charge is 0.352 e. The van der Waals surface area contributed by atoms with Gasteiger partial charge in [0.05, 0.1) is 0 Å². The fraction of sp³-hybridized carbons (Fsp3) is 0.350. The number of thioether (sulfide) groups is 1. The van der Waals surface area contributed by atoms with Crippen LogP contribution in [0.25, 0.3) is 0 Å². The van der Waals surface area contributed by atoms with Gasteiger partial charge in [-0.1, -0.05) is 55.0 Å². The van der Waals surface area contributed by atoms with E-state index in [2.05, 4.69) is 5.32 Å². The van der Waals surface area contributed by atoms with Gasteiger partial charge in [0.25, 0.3) is 0 Å². The van der Waals surface area contributed by atoms with E-state index in [1.807, 2.05) is 60.7 Å². The maximum atomic E-state index is 13.0. The number of nitrogens with one attached hydrogen (secondary N) is 1. The van der Waals surface area contributed by atoms with Gasteiger partial charge in [0.1, 0.15) is 5.25 Å². The third-order valence-corrected chi connectivity index (χ3v) is 5.89. The molecule has 0 aromatic heterocycles. The molecule has 0 heterocycles. The minimum atomic E-state index is -0.243. The second-order valence-corrected chi connectivity index (χ2v) is 7.44. The molecule has 5 heteroatoms. The monoisotopic (exact) mass is 376 g/mol. The first-order valence-electron chi connectivity index (χ1n) is 8.55. The van der Waals surface area contributed by atoms with Gasteiger partial charge in [-0.2, -0.15) is 0 Å². The third kappa shape index (κ3) is 5.24. The van der Waals surface area contributed by atoms with Crippen LogP contribution in [0.1, 0.15) is 30.1 Å². The van der Waals surface area contributed by atoms with Gasteiger partial charge in [-0.3, -0.25) is 4.79 Å². The molecule has 0 aliphatic heterocycles. The lowest BCUT2D eigenvalue weighted by atomic mass is 10.0. The quantitative estimate of drug-likeness (QED) is 0.743. The van der Waals surface area contributed by atoms with Crippen molar-refractivity contribution in [2.75, 3.05) is 6.54 Å². The van der Waals surface area contributed by atoms with Gasteiger partial charge >= 0.3 is 0 Å². The molecular weight excluding hydrogens is 352 g/mol. The van der Waals surface area contributed by atoms with Crippen molar-refractivity contribution in [2.45, 2.75) is 35.4 Å². The second-order valence-electron chi connectivity index (χ2n) is 6.26. The van der Waals surface area contributed by atoms with Crippen LogP contribution in [-0.2, 0) is 4.79 Å². The van der Waals surface area contributed by atoms with Crippen LogP contribution in [0.2, 0.25) is 0 Å². The molecular formula is C20H25ClN2OS. The van der Waals surface area contributed by atoms with E-state index in [9.17, 15) is 4.79 Å². The zero-order chi connectivity index (χ0) is 16.8. The molecule has 3 nitrogen and oxygen atoms in total. The molecule has 1 aliphatic carbocycles. The van der Waals surface area contributed by atoms with Crippen molar-refractivity contribution < 1.29 is 4.79 Å². The van der Waals surface area contributed by atoms with Gasteiger partial charge in [-0.25, -0.2) is 0 Å². The van der Waals surface area contributed by atoms with E-state index in [0.717, 1.165) is 29.7 Å². The maximum Gasteiger partial charge on any atom is 0.238 e. The molecule has 2 aromatic rings. The Kier molecular flexibility index (Phi) is 7.82. The fourth-order valence-electron chi connectivity index (χ4n) is 3.30. The molecule has 3 rings (SSSR count). The summed E-state index contributed by atoms with van der Waals surface area (Å²) in [5.41, 5.74) is 6.89. The molecule has 25 heavy (non-hydrogen) atoms. The van der Waals surface area contributed by atoms with Gasteiger partial charge in [0, 0.05) is 10.9 Å². The van der Waals surface area contributed by atoms with Crippen LogP contribution in [-0.4, -0.2) is 18.5 Å². The average molecular weight is 377 g/mol. The summed E-state index contributed by atoms with van der Waals surface area (Å²) in [5, 5.41) is 3.02. The Hall–Kier alpha value is -1.49. The van der Waals surface area contributed by atoms with Crippen molar-refractivity contribution in [3.05, 3.63) is 66.2 Å². The summed E-state index contributed by atoms with van der Waals surface area (Å²) in [5.74, 6) is 0.493. The molecule has 2 aromatic carbocycles. The molecule has 3 atom stereocenters. The molecule has 1 amide bonds. The SMILES string of the molecule is Cl.NCC1CCCC1NC(=O)C(Sc1ccccc1)c1ccccc1. The van der Waals surface area contributed by atoms with Crippen LogP contribution < -0.4 is 11.1 Å². The molecule has 0 bridgehead atoms. The van der Waals surface area contributed by atoms with Crippen molar-refractivity contribution >= 4 is 30.1 Å². The molecule has 0 saturated heterocycles. The number of benzene rings is 2. The molecule has 134 valence electrons. The Morgan fingerprint density at radius 1 is 1.08 bits per heavy atom. The lowest BCUT2D eigenvalue weighted by Crippen LogP contribution is -2.41. The molecule has 3 N–H and O–H groups in total. The third-order valence-electron chi connectivity index (χ3n) is 4.63. The van der Waals surface area contributed by atoms with E-state index in [-0.39, 0.29) is 29.6 Å². The lowest BCUT2D eigenvalue weighted by Gasteiger charge is -2.23. The predicted molar refractivity (Wildman–Crippen MR) is 107 cm³/mol. The van der Waals surface area contributed by atoms with E-state index < -0.39 is 0 Å². The Morgan fingerprint density at radius 2 is 1.72 bits per heavy atom. The Labute approximate surface area is 160 Å². The summed E-state index contributed by atoms with van der Waals surface area (Å²) in [6, 6.07) is 20.3. The average Bonchev–Trinajstić information content (AvgIpc) is 3.08. The number of amides is 1. The number of carbonyl (C=O) groups is 1. The molecule has 3 unspecified atom stereocenters. The summed E-state index contributed by atoms with van der Waals surface area (Å²) in [7, 11) is 0. The van der Waals surface area contributed by atoms with Crippen molar-refractivity contribution in [1.82, 2.24) is 5.32 Å². The zero-order valence-electron chi connectivity index (χ0n) is 14.1. The maximum absolute atomic E-state index is 13.0. The smallest absolute Gasteiger partial charge is 0.238 e. The number of hydrogen-bond donors (Lipinski definition) is 2. The predicted octanol–water partition coefficient (Wildman–Crippen LogP) is 4.19. The van der Waals surface area contributed by atoms with E-state index in [4.69, 9.17) is 5.73 Å². The van der Waals surface area contributed by atoms with Crippen LogP contribution >= 0.6 is 24.2 Å². The van der Waals surface area contributed by atoms with Crippen LogP contribution in [0, 0.1) is 5.92 Å². The van der Waals surface area contributed by atoms with Gasteiger partial charge in [0.15, 0.2) is 0 Å². The molecule has 0 spiro atoms. The number of halogens is 1. The highest BCUT2D eigenvalue weighted by Gasteiger charge is 2.30. The first kappa shape index (κ1) is 19.8. The van der Waals surface area contributed by atoms with Crippen LogP contribution in [0.5, 0.6) is 0 Å². The second kappa shape index (κ2) is 9.85. The van der Waals surface area contributed by atoms with Gasteiger partial charge in [-0.05, 0) is 43.0 Å². The van der Waals surface area contributed by atoms with Crippen molar-refractivity contribution in [3.8, 4) is 0 Å². The molecule has 1 fully saturated rings. The van der Waals surface area contributed by atoms with Crippen LogP contribution in [0.4, 0.5) is 0 Å². The van der Waals surface area contributed by atoms with Crippen LogP contribution in [0.3, 0.4) is 0 Å². The standard InChI is InChI=1S/C20H24N2OS.ClH/c21-14-16-10-7-13-18(16)22-20(23)19(15-8-3-1-4-9-15)24-17-11-5-2-6-12-17;/h1-6,8-9,11-12,16,18-19H,7,10,13-14,21H2,(H,22,23);1H. The fourth-order valence-corrected chi connectivity index (χ4v) is 4.36. The summed E-state index contributed by atoms with van der Waals surface area (Å²) in [6.45, 7) is 0.646. The number of carbonyl (C=O) groups excluding carboxylic acids is 1. The highest BCUT2D eigenvalue weighted by molar-refractivity contribution is 8.00. The lowest BCUT2D eigenvalue weighted by molar-refractivity contribution is -0.121. The summed E-state index contributed by atoms with van der Waals surface area (Å²) < 4.78 is 0. The Bertz CT molecular complexity index is 653. The van der Waals surface area contributed by atoms with Crippen molar-refractivity contribution in [2.24, 2.45) is 11.7 Å². The number of hydrogen-bond acceptors (Lipinski definition) is 3.